The fourth-order valence-electron chi connectivity index (χ4n) is 2.89. The zero-order valence-corrected chi connectivity index (χ0v) is 13.3. The quantitative estimate of drug-likeness (QED) is 0.796. The number of carbonyl (C=O) groups is 1. The van der Waals surface area contributed by atoms with Gasteiger partial charge in [-0.25, -0.2) is 14.4 Å². The molecule has 124 valence electrons. The van der Waals surface area contributed by atoms with Crippen molar-refractivity contribution in [3.05, 3.63) is 78.0 Å². The number of rotatable bonds is 3. The first kappa shape index (κ1) is 15.3. The summed E-state index contributed by atoms with van der Waals surface area (Å²) in [4.78, 5) is 22.7. The normalized spacial score (nSPS) is 12.8. The van der Waals surface area contributed by atoms with Crippen LogP contribution in [0.25, 0.3) is 0 Å². The van der Waals surface area contributed by atoms with Crippen LogP contribution in [0.2, 0.25) is 0 Å². The van der Waals surface area contributed by atoms with Gasteiger partial charge in [0.05, 0.1) is 18.1 Å². The van der Waals surface area contributed by atoms with Crippen LogP contribution >= 0.6 is 0 Å². The number of anilines is 3. The summed E-state index contributed by atoms with van der Waals surface area (Å²) in [5.74, 6) is -0.184. The van der Waals surface area contributed by atoms with E-state index in [-0.39, 0.29) is 17.4 Å². The average molecular weight is 334 g/mol. The Morgan fingerprint density at radius 1 is 1.04 bits per heavy atom. The maximum Gasteiger partial charge on any atom is 0.278 e. The lowest BCUT2D eigenvalue weighted by molar-refractivity contribution is 0.0984. The monoisotopic (exact) mass is 334 g/mol. The Morgan fingerprint density at radius 3 is 2.64 bits per heavy atom. The number of hydrogen-bond acceptors (Lipinski definition) is 4. The average Bonchev–Trinajstić information content (AvgIpc) is 3.08. The predicted molar refractivity (Wildman–Crippen MR) is 93.5 cm³/mol. The Bertz CT molecular complexity index is 927. The van der Waals surface area contributed by atoms with Crippen LogP contribution in [-0.4, -0.2) is 22.4 Å². The molecule has 0 unspecified atom stereocenters. The van der Waals surface area contributed by atoms with E-state index in [4.69, 9.17) is 0 Å². The minimum absolute atomic E-state index is 0.185. The molecule has 2 heterocycles. The summed E-state index contributed by atoms with van der Waals surface area (Å²) in [6.45, 7) is 0.634. The van der Waals surface area contributed by atoms with Gasteiger partial charge in [-0.3, -0.25) is 4.79 Å². The van der Waals surface area contributed by atoms with Crippen molar-refractivity contribution in [1.82, 2.24) is 9.97 Å². The van der Waals surface area contributed by atoms with Gasteiger partial charge < -0.3 is 10.2 Å². The number of carbonyl (C=O) groups excluding carboxylic acids is 1. The van der Waals surface area contributed by atoms with Crippen LogP contribution in [0.3, 0.4) is 0 Å². The van der Waals surface area contributed by atoms with Crippen LogP contribution in [-0.2, 0) is 6.42 Å². The Balaban J connectivity index is 1.53. The Hall–Kier alpha value is -3.28. The van der Waals surface area contributed by atoms with Crippen LogP contribution < -0.4 is 10.2 Å². The molecule has 0 saturated heterocycles. The highest BCUT2D eigenvalue weighted by molar-refractivity contribution is 6.05. The van der Waals surface area contributed by atoms with Crippen molar-refractivity contribution in [1.29, 1.82) is 0 Å². The smallest absolute Gasteiger partial charge is 0.278 e. The van der Waals surface area contributed by atoms with Crippen molar-refractivity contribution in [2.24, 2.45) is 0 Å². The van der Waals surface area contributed by atoms with E-state index in [1.165, 1.54) is 18.5 Å². The number of nitrogens with zero attached hydrogens (tertiary/aromatic N) is 3. The van der Waals surface area contributed by atoms with Crippen molar-refractivity contribution in [2.75, 3.05) is 16.8 Å². The largest absolute Gasteiger partial charge is 0.337 e. The van der Waals surface area contributed by atoms with Gasteiger partial charge in [-0.15, -0.1) is 0 Å². The summed E-state index contributed by atoms with van der Waals surface area (Å²) in [5.41, 5.74) is 2.64. The van der Waals surface area contributed by atoms with Gasteiger partial charge in [-0.05, 0) is 30.2 Å². The summed E-state index contributed by atoms with van der Waals surface area (Å²) >= 11 is 0. The molecule has 4 rings (SSSR count). The summed E-state index contributed by atoms with van der Waals surface area (Å²) in [5, 5.41) is 2.85. The highest BCUT2D eigenvalue weighted by Gasteiger charge is 2.26. The minimum atomic E-state index is -0.377. The van der Waals surface area contributed by atoms with Crippen LogP contribution in [0, 0.1) is 5.82 Å². The number of amides is 1. The molecule has 2 aromatic carbocycles. The molecule has 0 fully saturated rings. The number of fused-ring (bicyclic) bond motifs is 1. The maximum atomic E-state index is 13.7. The van der Waals surface area contributed by atoms with Crippen LogP contribution in [0.1, 0.15) is 16.1 Å². The van der Waals surface area contributed by atoms with E-state index in [1.54, 1.807) is 23.1 Å². The maximum absolute atomic E-state index is 13.7. The molecule has 6 heteroatoms. The summed E-state index contributed by atoms with van der Waals surface area (Å²) in [6.07, 6.45) is 3.68. The number of halogens is 1. The molecular weight excluding hydrogens is 319 g/mol. The lowest BCUT2D eigenvalue weighted by atomic mass is 10.2. The highest BCUT2D eigenvalue weighted by Crippen LogP contribution is 2.28. The molecule has 0 aliphatic carbocycles. The van der Waals surface area contributed by atoms with Gasteiger partial charge in [0.25, 0.3) is 5.91 Å². The molecule has 0 saturated carbocycles. The van der Waals surface area contributed by atoms with Crippen molar-refractivity contribution in [2.45, 2.75) is 6.42 Å². The van der Waals surface area contributed by atoms with Gasteiger partial charge in [-0.1, -0.05) is 30.3 Å². The van der Waals surface area contributed by atoms with E-state index in [2.05, 4.69) is 15.3 Å². The van der Waals surface area contributed by atoms with Crippen LogP contribution in [0.5, 0.6) is 0 Å². The fourth-order valence-corrected chi connectivity index (χ4v) is 2.89. The molecule has 1 amide bonds. The Kier molecular flexibility index (Phi) is 3.85. The second-order valence-corrected chi connectivity index (χ2v) is 5.73. The predicted octanol–water partition coefficient (Wildman–Crippen LogP) is 3.56. The third-order valence-electron chi connectivity index (χ3n) is 4.14. The lowest BCUT2D eigenvalue weighted by Gasteiger charge is -2.16. The lowest BCUT2D eigenvalue weighted by Crippen LogP contribution is -2.29. The number of hydrogen-bond donors (Lipinski definition) is 1. The molecular formula is C19H15FN4O. The fraction of sp³-hybridized carbons (Fsp3) is 0.105. The molecule has 1 aliphatic rings. The van der Waals surface area contributed by atoms with Crippen molar-refractivity contribution < 1.29 is 9.18 Å². The molecule has 3 aromatic rings. The molecule has 0 bridgehead atoms. The van der Waals surface area contributed by atoms with E-state index in [1.807, 2.05) is 24.3 Å². The number of para-hydroxylation sites is 2. The molecule has 5 nitrogen and oxygen atoms in total. The zero-order valence-electron chi connectivity index (χ0n) is 13.3. The van der Waals surface area contributed by atoms with Gasteiger partial charge in [-0.2, -0.15) is 0 Å². The van der Waals surface area contributed by atoms with Crippen molar-refractivity contribution in [3.8, 4) is 0 Å². The standard InChI is InChI=1S/C19H15FN4O/c20-14-6-2-3-7-15(14)23-18-12-21-16(11-22-18)19(25)24-10-9-13-5-1-4-8-17(13)24/h1-8,11-12H,9-10H2,(H,22,23). The van der Waals surface area contributed by atoms with Crippen molar-refractivity contribution >= 4 is 23.1 Å². The van der Waals surface area contributed by atoms with Crippen LogP contribution in [0.15, 0.2) is 60.9 Å². The van der Waals surface area contributed by atoms with Gasteiger partial charge in [0, 0.05) is 12.2 Å². The minimum Gasteiger partial charge on any atom is -0.337 e. The second kappa shape index (κ2) is 6.32. The molecule has 0 radical (unpaired) electrons. The van der Waals surface area contributed by atoms with E-state index in [0.29, 0.717) is 18.1 Å². The van der Waals surface area contributed by atoms with E-state index >= 15 is 0 Å². The topological polar surface area (TPSA) is 58.1 Å². The number of nitrogens with one attached hydrogen (secondary N) is 1. The molecule has 0 spiro atoms. The third-order valence-corrected chi connectivity index (χ3v) is 4.14. The number of benzene rings is 2. The first-order valence-electron chi connectivity index (χ1n) is 7.96. The first-order chi connectivity index (χ1) is 12.2. The highest BCUT2D eigenvalue weighted by atomic mass is 19.1. The SMILES string of the molecule is O=C(c1cnc(Nc2ccccc2F)cn1)N1CCc2ccccc21. The van der Waals surface area contributed by atoms with Gasteiger partial charge in [0.2, 0.25) is 0 Å². The first-order valence-corrected chi connectivity index (χ1v) is 7.96. The summed E-state index contributed by atoms with van der Waals surface area (Å²) in [7, 11) is 0. The van der Waals surface area contributed by atoms with E-state index in [0.717, 1.165) is 17.7 Å². The van der Waals surface area contributed by atoms with Crippen LogP contribution in [0.4, 0.5) is 21.6 Å². The van der Waals surface area contributed by atoms with Gasteiger partial charge in [0.15, 0.2) is 0 Å². The zero-order chi connectivity index (χ0) is 17.2. The molecule has 0 atom stereocenters. The number of aromatic nitrogens is 2. The van der Waals surface area contributed by atoms with Gasteiger partial charge in [0.1, 0.15) is 17.3 Å². The summed E-state index contributed by atoms with van der Waals surface area (Å²) < 4.78 is 13.7. The molecule has 1 aliphatic heterocycles. The van der Waals surface area contributed by atoms with E-state index < -0.39 is 0 Å². The third kappa shape index (κ3) is 2.94. The second-order valence-electron chi connectivity index (χ2n) is 5.73. The summed E-state index contributed by atoms with van der Waals surface area (Å²) in [6, 6.07) is 14.1. The molecule has 1 aromatic heterocycles. The Labute approximate surface area is 144 Å². The molecule has 1 N–H and O–H groups in total. The van der Waals surface area contributed by atoms with Gasteiger partial charge >= 0.3 is 0 Å². The van der Waals surface area contributed by atoms with E-state index in [9.17, 15) is 9.18 Å². The Morgan fingerprint density at radius 2 is 1.84 bits per heavy atom. The molecule has 25 heavy (non-hydrogen) atoms. The van der Waals surface area contributed by atoms with Crippen molar-refractivity contribution in [3.63, 3.8) is 0 Å².